The Morgan fingerprint density at radius 3 is 2.52 bits per heavy atom. The third-order valence-electron chi connectivity index (χ3n) is 3.50. The van der Waals surface area contributed by atoms with Gasteiger partial charge in [0.15, 0.2) is 0 Å². The third-order valence-corrected chi connectivity index (χ3v) is 3.85. The van der Waals surface area contributed by atoms with E-state index < -0.39 is 40.5 Å². The second kappa shape index (κ2) is 6.17. The predicted octanol–water partition coefficient (Wildman–Crippen LogP) is -1.71. The molecule has 0 aromatic heterocycles. The van der Waals surface area contributed by atoms with Gasteiger partial charge in [-0.25, -0.2) is 15.0 Å². The van der Waals surface area contributed by atoms with Crippen molar-refractivity contribution < 1.29 is 31.6 Å². The molecule has 0 aromatic carbocycles. The molecule has 2 heterocycles. The highest BCUT2D eigenvalue weighted by Crippen LogP contribution is 2.30. The highest BCUT2D eigenvalue weighted by Gasteiger charge is 2.49. The predicted molar refractivity (Wildman–Crippen MR) is 73.7 cm³/mol. The average molecular weight is 351 g/mol. The van der Waals surface area contributed by atoms with Crippen LogP contribution in [0.3, 0.4) is 0 Å². The fourth-order valence-electron chi connectivity index (χ4n) is 2.41. The van der Waals surface area contributed by atoms with E-state index in [2.05, 4.69) is 15.1 Å². The third kappa shape index (κ3) is 3.80. The van der Waals surface area contributed by atoms with Gasteiger partial charge < -0.3 is 9.80 Å². The molecule has 3 N–H and O–H groups in total. The molecule has 0 aromatic rings. The Labute approximate surface area is 132 Å². The van der Waals surface area contributed by atoms with E-state index in [1.54, 1.807) is 0 Å². The number of fused-ring (bicyclic) bond motifs is 2. The summed E-state index contributed by atoms with van der Waals surface area (Å²) in [6.45, 7) is 0.0774. The number of carbonyl (C=O) groups excluding carboxylic acids is 3. The molecule has 0 unspecified atom stereocenters. The van der Waals surface area contributed by atoms with Crippen LogP contribution in [0.2, 0.25) is 0 Å². The van der Waals surface area contributed by atoms with Gasteiger partial charge >= 0.3 is 22.5 Å². The van der Waals surface area contributed by atoms with Crippen LogP contribution in [-0.2, 0) is 19.5 Å². The lowest BCUT2D eigenvalue weighted by Gasteiger charge is -2.29. The molecule has 2 aliphatic heterocycles. The first-order chi connectivity index (χ1) is 10.6. The first-order valence-corrected chi connectivity index (χ1v) is 8.00. The number of nitrogens with zero attached hydrogens (tertiary/aromatic N) is 3. The van der Waals surface area contributed by atoms with Gasteiger partial charge in [-0.15, -0.1) is 4.28 Å². The number of urea groups is 2. The fourth-order valence-corrected chi connectivity index (χ4v) is 2.80. The van der Waals surface area contributed by atoms with E-state index in [1.165, 1.54) is 19.0 Å². The normalized spacial score (nSPS) is 23.7. The molecule has 0 aliphatic carbocycles. The molecule has 0 radical (unpaired) electrons. The Morgan fingerprint density at radius 2 is 1.96 bits per heavy atom. The van der Waals surface area contributed by atoms with E-state index in [4.69, 9.17) is 4.55 Å². The van der Waals surface area contributed by atoms with Crippen LogP contribution in [0, 0.1) is 0 Å². The van der Waals surface area contributed by atoms with Gasteiger partial charge in [0.05, 0.1) is 6.04 Å². The van der Waals surface area contributed by atoms with Crippen LogP contribution < -0.4 is 10.9 Å². The Morgan fingerprint density at radius 1 is 1.30 bits per heavy atom. The Kier molecular flexibility index (Phi) is 4.63. The van der Waals surface area contributed by atoms with Crippen molar-refractivity contribution in [2.75, 3.05) is 20.6 Å². The summed E-state index contributed by atoms with van der Waals surface area (Å²) < 4.78 is 34.5. The number of piperidine rings is 1. The summed E-state index contributed by atoms with van der Waals surface area (Å²) in [4.78, 5) is 37.9. The van der Waals surface area contributed by atoms with Crippen molar-refractivity contribution in [2.24, 2.45) is 0 Å². The molecule has 2 saturated heterocycles. The summed E-state index contributed by atoms with van der Waals surface area (Å²) in [6.07, 6.45) is 0.558. The van der Waals surface area contributed by atoms with Gasteiger partial charge in [0.1, 0.15) is 6.04 Å². The molecule has 2 fully saturated rings. The van der Waals surface area contributed by atoms with Crippen LogP contribution in [0.5, 0.6) is 0 Å². The van der Waals surface area contributed by atoms with E-state index in [-0.39, 0.29) is 13.0 Å². The minimum absolute atomic E-state index is 0.0774. The lowest BCUT2D eigenvalue weighted by Crippen LogP contribution is -2.55. The molecule has 12 nitrogen and oxygen atoms in total. The van der Waals surface area contributed by atoms with Gasteiger partial charge in [-0.05, 0) is 12.8 Å². The van der Waals surface area contributed by atoms with Crippen molar-refractivity contribution in [1.29, 1.82) is 0 Å². The van der Waals surface area contributed by atoms with E-state index in [0.29, 0.717) is 11.5 Å². The maximum absolute atomic E-state index is 12.1. The molecule has 130 valence electrons. The maximum Gasteiger partial charge on any atom is 0.418 e. The second-order valence-corrected chi connectivity index (χ2v) is 6.33. The lowest BCUT2D eigenvalue weighted by molar-refractivity contribution is -0.126. The quantitative estimate of drug-likeness (QED) is 0.405. The number of hydroxylamine groups is 2. The summed E-state index contributed by atoms with van der Waals surface area (Å²) in [5.74, 6) is -0.610. The van der Waals surface area contributed by atoms with Crippen LogP contribution >= 0.6 is 0 Å². The first-order valence-electron chi connectivity index (χ1n) is 6.64. The minimum Gasteiger partial charge on any atom is -0.330 e. The van der Waals surface area contributed by atoms with Gasteiger partial charge in [-0.2, -0.15) is 13.5 Å². The monoisotopic (exact) mass is 351 g/mol. The van der Waals surface area contributed by atoms with E-state index in [1.807, 2.05) is 0 Å². The molecule has 23 heavy (non-hydrogen) atoms. The summed E-state index contributed by atoms with van der Waals surface area (Å²) in [5, 5.41) is 0.543. The topological polar surface area (TPSA) is 149 Å². The largest absolute Gasteiger partial charge is 0.418 e. The lowest BCUT2D eigenvalue weighted by atomic mass is 10.0. The molecule has 2 bridgehead atoms. The van der Waals surface area contributed by atoms with E-state index in [0.717, 1.165) is 4.90 Å². The number of nitrogens with one attached hydrogen (secondary N) is 2. The summed E-state index contributed by atoms with van der Waals surface area (Å²) in [5.41, 5.74) is 4.37. The van der Waals surface area contributed by atoms with E-state index in [9.17, 15) is 22.8 Å². The van der Waals surface area contributed by atoms with Crippen molar-refractivity contribution in [3.63, 3.8) is 0 Å². The SMILES string of the molecule is CN(C)C(=O)NNC(=O)[C@@H]1CC[C@@H]2CN1C(=O)N2OS(=O)(=O)O. The van der Waals surface area contributed by atoms with Crippen molar-refractivity contribution in [2.45, 2.75) is 24.9 Å². The zero-order chi connectivity index (χ0) is 17.4. The summed E-state index contributed by atoms with van der Waals surface area (Å²) in [7, 11) is -1.86. The maximum atomic E-state index is 12.1. The van der Waals surface area contributed by atoms with Crippen LogP contribution in [0.25, 0.3) is 0 Å². The second-order valence-electron chi connectivity index (χ2n) is 5.32. The highest BCUT2D eigenvalue weighted by molar-refractivity contribution is 7.80. The van der Waals surface area contributed by atoms with Gasteiger partial charge in [0.2, 0.25) is 0 Å². The Hall–Kier alpha value is -2.12. The number of amides is 5. The number of hydrogen-bond acceptors (Lipinski definition) is 6. The number of carbonyl (C=O) groups is 3. The molecular weight excluding hydrogens is 334 g/mol. The highest BCUT2D eigenvalue weighted by atomic mass is 32.3. The van der Waals surface area contributed by atoms with E-state index >= 15 is 0 Å². The van der Waals surface area contributed by atoms with Crippen molar-refractivity contribution >= 4 is 28.4 Å². The molecule has 2 aliphatic rings. The minimum atomic E-state index is -4.83. The van der Waals surface area contributed by atoms with Gasteiger partial charge in [-0.3, -0.25) is 14.8 Å². The number of rotatable bonds is 3. The molecule has 0 spiro atoms. The molecule has 2 atom stereocenters. The van der Waals surface area contributed by atoms with Gasteiger partial charge in [0, 0.05) is 20.6 Å². The van der Waals surface area contributed by atoms with Gasteiger partial charge in [0.25, 0.3) is 5.91 Å². The number of hydrogen-bond donors (Lipinski definition) is 3. The smallest absolute Gasteiger partial charge is 0.330 e. The van der Waals surface area contributed by atoms with Gasteiger partial charge in [-0.1, -0.05) is 0 Å². The van der Waals surface area contributed by atoms with Crippen LogP contribution in [0.15, 0.2) is 0 Å². The summed E-state index contributed by atoms with van der Waals surface area (Å²) >= 11 is 0. The average Bonchev–Trinajstić information content (AvgIpc) is 2.68. The van der Waals surface area contributed by atoms with Crippen LogP contribution in [0.4, 0.5) is 9.59 Å². The molecule has 2 rings (SSSR count). The summed E-state index contributed by atoms with van der Waals surface area (Å²) in [6, 6.07) is -2.85. The molecular formula is C10H17N5O7S. The van der Waals surface area contributed by atoms with Crippen molar-refractivity contribution in [3.8, 4) is 0 Å². The Bertz CT molecular complexity index is 621. The molecule has 5 amide bonds. The molecule has 0 saturated carbocycles. The fraction of sp³-hybridized carbons (Fsp3) is 0.700. The van der Waals surface area contributed by atoms with Crippen molar-refractivity contribution in [3.05, 3.63) is 0 Å². The Balaban J connectivity index is 2.01. The first kappa shape index (κ1) is 17.2. The zero-order valence-corrected chi connectivity index (χ0v) is 13.2. The van der Waals surface area contributed by atoms with Crippen molar-refractivity contribution in [1.82, 2.24) is 25.7 Å². The van der Waals surface area contributed by atoms with Crippen LogP contribution in [-0.4, -0.2) is 78.5 Å². The van der Waals surface area contributed by atoms with Crippen LogP contribution in [0.1, 0.15) is 12.8 Å². The number of hydrazine groups is 1. The molecule has 13 heteroatoms. The zero-order valence-electron chi connectivity index (χ0n) is 12.4. The standard InChI is InChI=1S/C10H17N5O7S/c1-13(2)9(17)12-11-8(16)7-4-3-6-5-14(7)10(18)15(6)22-23(19,20)21/h6-7H,3-5H2,1-2H3,(H,11,16)(H,12,17)(H,19,20,21)/t6-,7+/m1/s1.